The normalized spacial score (nSPS) is 13.8. The van der Waals surface area contributed by atoms with E-state index in [2.05, 4.69) is 195 Å². The monoisotopic (exact) mass is 910 g/mol. The van der Waals surface area contributed by atoms with Gasteiger partial charge in [-0.1, -0.05) is 183 Å². The van der Waals surface area contributed by atoms with Gasteiger partial charge in [-0.3, -0.25) is 9.13 Å². The first kappa shape index (κ1) is 40.4. The number of rotatable bonds is 6. The first-order valence-electron chi connectivity index (χ1n) is 23.9. The number of anilines is 2. The van der Waals surface area contributed by atoms with Gasteiger partial charge in [0, 0.05) is 61.2 Å². The Kier molecular flexibility index (Phi) is 9.25. The second-order valence-corrected chi connectivity index (χ2v) is 17.9. The molecular formula is C63H42N8. The van der Waals surface area contributed by atoms with E-state index < -0.39 is 0 Å². The lowest BCUT2D eigenvalue weighted by Crippen LogP contribution is -2.20. The number of nitrogens with zero attached hydrogens (tertiary/aromatic N) is 8. The maximum absolute atomic E-state index is 5.66. The van der Waals surface area contributed by atoms with Crippen LogP contribution in [0.3, 0.4) is 0 Å². The third kappa shape index (κ3) is 6.46. The summed E-state index contributed by atoms with van der Waals surface area (Å²) in [4.78, 5) is 23.4. The van der Waals surface area contributed by atoms with E-state index >= 15 is 0 Å². The van der Waals surface area contributed by atoms with E-state index in [0.29, 0.717) is 24.1 Å². The van der Waals surface area contributed by atoms with Crippen LogP contribution in [0.5, 0.6) is 0 Å². The minimum atomic E-state index is 0.535. The second-order valence-electron chi connectivity index (χ2n) is 17.9. The predicted octanol–water partition coefficient (Wildman–Crippen LogP) is 15.2. The zero-order chi connectivity index (χ0) is 47.0. The lowest BCUT2D eigenvalue weighted by molar-refractivity contribution is 0.953. The fraction of sp³-hybridized carbons (Fsp3) is 0.0159. The minimum Gasteiger partial charge on any atom is -0.322 e. The van der Waals surface area contributed by atoms with Crippen LogP contribution in [0, 0.1) is 0 Å². The summed E-state index contributed by atoms with van der Waals surface area (Å²) in [5.41, 5.74) is 12.2. The molecule has 0 spiro atoms. The van der Waals surface area contributed by atoms with Crippen LogP contribution in [0.4, 0.5) is 11.5 Å². The van der Waals surface area contributed by atoms with Gasteiger partial charge in [-0.15, -0.1) is 0 Å². The number of para-hydroxylation sites is 4. The van der Waals surface area contributed by atoms with Crippen LogP contribution in [0.25, 0.3) is 111 Å². The van der Waals surface area contributed by atoms with E-state index in [1.165, 1.54) is 21.5 Å². The second kappa shape index (κ2) is 16.3. The summed E-state index contributed by atoms with van der Waals surface area (Å²) in [7, 11) is 0. The van der Waals surface area contributed by atoms with Crippen molar-refractivity contribution in [3.63, 3.8) is 0 Å². The lowest BCUT2D eigenvalue weighted by atomic mass is 10.0. The van der Waals surface area contributed by atoms with Crippen molar-refractivity contribution < 1.29 is 0 Å². The van der Waals surface area contributed by atoms with Crippen LogP contribution >= 0.6 is 0 Å². The number of hydrogen-bond donors (Lipinski definition) is 0. The maximum atomic E-state index is 5.66. The van der Waals surface area contributed by atoms with E-state index in [-0.39, 0.29) is 0 Å². The van der Waals surface area contributed by atoms with Gasteiger partial charge in [-0.2, -0.15) is 9.97 Å². The highest BCUT2D eigenvalue weighted by atomic mass is 15.2. The highest BCUT2D eigenvalue weighted by Gasteiger charge is 2.25. The minimum absolute atomic E-state index is 0.535. The number of allylic oxidation sites excluding steroid dienone is 4. The molecule has 5 aromatic heterocycles. The highest BCUT2D eigenvalue weighted by molar-refractivity contribution is 6.24. The molecule has 71 heavy (non-hydrogen) atoms. The van der Waals surface area contributed by atoms with Gasteiger partial charge in [-0.05, 0) is 60.2 Å². The van der Waals surface area contributed by atoms with Crippen LogP contribution in [0.15, 0.2) is 237 Å². The van der Waals surface area contributed by atoms with E-state index in [1.807, 2.05) is 60.7 Å². The van der Waals surface area contributed by atoms with Crippen molar-refractivity contribution in [3.05, 3.63) is 243 Å². The summed E-state index contributed by atoms with van der Waals surface area (Å²) in [5.74, 6) is 3.37. The Hall–Kier alpha value is -9.66. The molecule has 0 unspecified atom stereocenters. The molecule has 0 aliphatic carbocycles. The van der Waals surface area contributed by atoms with Gasteiger partial charge in [0.2, 0.25) is 5.95 Å². The fourth-order valence-electron chi connectivity index (χ4n) is 10.7. The Bertz CT molecular complexity index is 4270. The van der Waals surface area contributed by atoms with E-state index in [4.69, 9.17) is 19.9 Å². The smallest absolute Gasteiger partial charge is 0.238 e. The maximum Gasteiger partial charge on any atom is 0.238 e. The van der Waals surface area contributed by atoms with Crippen LogP contribution in [0.2, 0.25) is 0 Å². The molecule has 0 amide bonds. The molecule has 1 aliphatic rings. The average molecular weight is 911 g/mol. The first-order chi connectivity index (χ1) is 35.2. The Morgan fingerprint density at radius 2 is 0.930 bits per heavy atom. The SMILES string of the molecule is C=C1/C=C\C=C/CN(c2cccc(-n3c4ccccc4c4ccc5c6ccccc6n(-c6ccccc6)c5c43)n2)c2cc3c4ccccc4n(-c4nc(-c5ccccc5)nc(-c5ccccc5)n4)c3cc21. The molecule has 334 valence electrons. The molecule has 6 heterocycles. The van der Waals surface area contributed by atoms with Crippen molar-refractivity contribution in [2.24, 2.45) is 0 Å². The van der Waals surface area contributed by atoms with Gasteiger partial charge in [0.25, 0.3) is 0 Å². The zero-order valence-electron chi connectivity index (χ0n) is 38.4. The first-order valence-corrected chi connectivity index (χ1v) is 23.9. The molecule has 0 bridgehead atoms. The standard InChI is InChI=1S/C63H42N8/c1-41-21-6-5-19-38-68(55-40-51-47-30-15-17-32-53(47)70(56(51)39-50(41)55)63-66-61(42-22-7-2-8-23-42)65-62(67-63)43-24-9-3-10-25-43)57-34-20-35-58(64-57)71-54-33-18-14-29-46(54)49-37-36-48-45-28-13-16-31-52(45)69(59(48)60(49)71)44-26-11-4-12-27-44/h2-37,39-40H,1,38H2/b19-5-,21-6-. The molecule has 0 saturated heterocycles. The number of pyridine rings is 1. The Balaban J connectivity index is 0.998. The lowest BCUT2D eigenvalue weighted by Gasteiger charge is -2.26. The Labute approximate surface area is 408 Å². The van der Waals surface area contributed by atoms with Gasteiger partial charge < -0.3 is 9.47 Å². The number of benzene rings is 8. The molecule has 0 atom stereocenters. The fourth-order valence-corrected chi connectivity index (χ4v) is 10.7. The largest absolute Gasteiger partial charge is 0.322 e. The molecule has 14 rings (SSSR count). The molecule has 13 aromatic rings. The Morgan fingerprint density at radius 1 is 0.394 bits per heavy atom. The molecular weight excluding hydrogens is 869 g/mol. The van der Waals surface area contributed by atoms with Crippen LogP contribution in [0.1, 0.15) is 5.56 Å². The molecule has 1 aliphatic heterocycles. The molecule has 0 saturated carbocycles. The van der Waals surface area contributed by atoms with Crippen molar-refractivity contribution in [2.75, 3.05) is 11.4 Å². The summed E-state index contributed by atoms with van der Waals surface area (Å²) in [5, 5.41) is 6.87. The molecule has 0 fully saturated rings. The van der Waals surface area contributed by atoms with Crippen molar-refractivity contribution in [3.8, 4) is 40.2 Å². The number of aromatic nitrogens is 7. The number of hydrogen-bond acceptors (Lipinski definition) is 5. The van der Waals surface area contributed by atoms with Crippen LogP contribution in [-0.2, 0) is 0 Å². The average Bonchev–Trinajstić information content (AvgIpc) is 4.10. The summed E-state index contributed by atoms with van der Waals surface area (Å²) >= 11 is 0. The van der Waals surface area contributed by atoms with Gasteiger partial charge in [0.1, 0.15) is 11.6 Å². The third-order valence-electron chi connectivity index (χ3n) is 13.9. The highest BCUT2D eigenvalue weighted by Crippen LogP contribution is 2.44. The summed E-state index contributed by atoms with van der Waals surface area (Å²) < 4.78 is 6.95. The Morgan fingerprint density at radius 3 is 1.58 bits per heavy atom. The van der Waals surface area contributed by atoms with Gasteiger partial charge >= 0.3 is 0 Å². The van der Waals surface area contributed by atoms with Gasteiger partial charge in [0.15, 0.2) is 11.6 Å². The predicted molar refractivity (Wildman–Crippen MR) is 292 cm³/mol. The van der Waals surface area contributed by atoms with E-state index in [9.17, 15) is 0 Å². The van der Waals surface area contributed by atoms with Gasteiger partial charge in [-0.25, -0.2) is 9.97 Å². The molecule has 8 heteroatoms. The van der Waals surface area contributed by atoms with Crippen molar-refractivity contribution in [2.45, 2.75) is 0 Å². The third-order valence-corrected chi connectivity index (χ3v) is 13.9. The summed E-state index contributed by atoms with van der Waals surface area (Å²) in [6.07, 6.45) is 8.43. The summed E-state index contributed by atoms with van der Waals surface area (Å²) in [6.45, 7) is 5.25. The topological polar surface area (TPSA) is 69.6 Å². The quantitative estimate of drug-likeness (QED) is 0.166. The molecule has 8 nitrogen and oxygen atoms in total. The van der Waals surface area contributed by atoms with Gasteiger partial charge in [0.05, 0.1) is 38.8 Å². The van der Waals surface area contributed by atoms with Crippen molar-refractivity contribution in [1.29, 1.82) is 0 Å². The zero-order valence-corrected chi connectivity index (χ0v) is 38.4. The summed E-state index contributed by atoms with van der Waals surface area (Å²) in [6, 6.07) is 72.3. The van der Waals surface area contributed by atoms with Crippen LogP contribution < -0.4 is 4.90 Å². The van der Waals surface area contributed by atoms with E-state index in [1.54, 1.807) is 0 Å². The van der Waals surface area contributed by atoms with Crippen LogP contribution in [-0.4, -0.2) is 40.2 Å². The molecule has 8 aromatic carbocycles. The molecule has 0 radical (unpaired) electrons. The van der Waals surface area contributed by atoms with E-state index in [0.717, 1.165) is 89.1 Å². The molecule has 0 N–H and O–H groups in total. The van der Waals surface area contributed by atoms with Crippen molar-refractivity contribution >= 4 is 82.5 Å². The number of fused-ring (bicyclic) bond motifs is 11. The van der Waals surface area contributed by atoms with Crippen molar-refractivity contribution in [1.82, 2.24) is 33.6 Å².